The molecule has 1 aliphatic heterocycles. The summed E-state index contributed by atoms with van der Waals surface area (Å²) >= 11 is 0. The van der Waals surface area contributed by atoms with E-state index in [-0.39, 0.29) is 18.4 Å². The standard InChI is InChI=1S/C17H32N2O3/c20-16-12-10-8-6-4-2-1-3-5-7-9-11-13-22-17(21)14-18-15-19-16/h18H,1-15H2,(H,19,20). The molecule has 0 saturated carbocycles. The SMILES string of the molecule is O=C1CCCCCCCCCCCCCOC(=O)CNCN1. The Morgan fingerprint density at radius 1 is 0.727 bits per heavy atom. The average molecular weight is 312 g/mol. The van der Waals surface area contributed by atoms with Crippen LogP contribution in [0.25, 0.3) is 0 Å². The van der Waals surface area contributed by atoms with Gasteiger partial charge in [0.2, 0.25) is 5.91 Å². The molecule has 0 aromatic heterocycles. The summed E-state index contributed by atoms with van der Waals surface area (Å²) in [6.07, 6.45) is 13.7. The van der Waals surface area contributed by atoms with Gasteiger partial charge in [-0.2, -0.15) is 0 Å². The van der Waals surface area contributed by atoms with Gasteiger partial charge in [-0.1, -0.05) is 57.8 Å². The Morgan fingerprint density at radius 3 is 1.91 bits per heavy atom. The van der Waals surface area contributed by atoms with Crippen molar-refractivity contribution < 1.29 is 14.3 Å². The van der Waals surface area contributed by atoms with E-state index >= 15 is 0 Å². The van der Waals surface area contributed by atoms with Crippen LogP contribution in [0.15, 0.2) is 0 Å². The van der Waals surface area contributed by atoms with E-state index in [0.717, 1.165) is 25.7 Å². The highest BCUT2D eigenvalue weighted by molar-refractivity contribution is 5.76. The molecule has 22 heavy (non-hydrogen) atoms. The molecule has 0 unspecified atom stereocenters. The zero-order chi connectivity index (χ0) is 15.9. The Bertz CT molecular complexity index is 278. The fourth-order valence-corrected chi connectivity index (χ4v) is 2.63. The molecule has 0 atom stereocenters. The largest absolute Gasteiger partial charge is 0.465 e. The first kappa shape index (κ1) is 18.9. The van der Waals surface area contributed by atoms with Crippen molar-refractivity contribution in [2.24, 2.45) is 0 Å². The summed E-state index contributed by atoms with van der Waals surface area (Å²) in [6, 6.07) is 0. The predicted molar refractivity (Wildman–Crippen MR) is 87.4 cm³/mol. The van der Waals surface area contributed by atoms with Gasteiger partial charge >= 0.3 is 5.97 Å². The zero-order valence-corrected chi connectivity index (χ0v) is 13.8. The van der Waals surface area contributed by atoms with Crippen molar-refractivity contribution in [2.45, 2.75) is 77.0 Å². The summed E-state index contributed by atoms with van der Waals surface area (Å²) in [7, 11) is 0. The van der Waals surface area contributed by atoms with Gasteiger partial charge in [0.1, 0.15) is 0 Å². The van der Waals surface area contributed by atoms with E-state index in [2.05, 4.69) is 10.6 Å². The van der Waals surface area contributed by atoms with E-state index in [4.69, 9.17) is 4.74 Å². The molecule has 0 aromatic carbocycles. The lowest BCUT2D eigenvalue weighted by Gasteiger charge is -2.08. The number of carbonyl (C=O) groups excluding carboxylic acids is 2. The van der Waals surface area contributed by atoms with Crippen LogP contribution in [0.5, 0.6) is 0 Å². The van der Waals surface area contributed by atoms with Crippen molar-refractivity contribution in [2.75, 3.05) is 19.8 Å². The van der Waals surface area contributed by atoms with E-state index in [9.17, 15) is 9.59 Å². The summed E-state index contributed by atoms with van der Waals surface area (Å²) in [5, 5.41) is 5.65. The topological polar surface area (TPSA) is 67.4 Å². The zero-order valence-electron chi connectivity index (χ0n) is 13.8. The lowest BCUT2D eigenvalue weighted by atomic mass is 10.1. The molecule has 0 bridgehead atoms. The number of ether oxygens (including phenoxy) is 1. The average Bonchev–Trinajstić information content (AvgIpc) is 2.51. The molecular weight excluding hydrogens is 280 g/mol. The van der Waals surface area contributed by atoms with E-state index in [1.165, 1.54) is 44.9 Å². The fourth-order valence-electron chi connectivity index (χ4n) is 2.63. The van der Waals surface area contributed by atoms with Gasteiger partial charge in [0, 0.05) is 6.42 Å². The molecule has 0 radical (unpaired) electrons. The van der Waals surface area contributed by atoms with Crippen molar-refractivity contribution in [3.63, 3.8) is 0 Å². The predicted octanol–water partition coefficient (Wildman–Crippen LogP) is 2.89. The van der Waals surface area contributed by atoms with Crippen LogP contribution >= 0.6 is 0 Å². The number of carbonyl (C=O) groups is 2. The number of amides is 1. The molecule has 1 rings (SSSR count). The summed E-state index contributed by atoms with van der Waals surface area (Å²) in [5.74, 6) is -0.195. The third-order valence-electron chi connectivity index (χ3n) is 3.99. The van der Waals surface area contributed by atoms with Crippen molar-refractivity contribution >= 4 is 11.9 Å². The highest BCUT2D eigenvalue weighted by Crippen LogP contribution is 2.12. The third-order valence-corrected chi connectivity index (χ3v) is 3.99. The number of hydrogen-bond acceptors (Lipinski definition) is 4. The molecule has 1 aliphatic rings. The highest BCUT2D eigenvalue weighted by atomic mass is 16.5. The molecule has 0 aliphatic carbocycles. The maximum atomic E-state index is 11.6. The van der Waals surface area contributed by atoms with Gasteiger partial charge in [0.05, 0.1) is 19.8 Å². The fraction of sp³-hybridized carbons (Fsp3) is 0.882. The summed E-state index contributed by atoms with van der Waals surface area (Å²) in [4.78, 5) is 23.0. The van der Waals surface area contributed by atoms with Gasteiger partial charge in [-0.15, -0.1) is 0 Å². The quantitative estimate of drug-likeness (QED) is 0.675. The van der Waals surface area contributed by atoms with Crippen LogP contribution in [0.4, 0.5) is 0 Å². The Kier molecular flexibility index (Phi) is 11.7. The number of cyclic esters (lactones) is 1. The van der Waals surface area contributed by atoms with Gasteiger partial charge in [0.15, 0.2) is 0 Å². The highest BCUT2D eigenvalue weighted by Gasteiger charge is 2.04. The van der Waals surface area contributed by atoms with Gasteiger partial charge in [-0.3, -0.25) is 14.9 Å². The van der Waals surface area contributed by atoms with Crippen molar-refractivity contribution in [3.8, 4) is 0 Å². The van der Waals surface area contributed by atoms with Crippen LogP contribution in [-0.4, -0.2) is 31.7 Å². The Hall–Kier alpha value is -1.10. The van der Waals surface area contributed by atoms with Crippen molar-refractivity contribution in [3.05, 3.63) is 0 Å². The molecule has 0 aromatic rings. The number of esters is 1. The monoisotopic (exact) mass is 312 g/mol. The second-order valence-electron chi connectivity index (χ2n) is 6.06. The maximum Gasteiger partial charge on any atom is 0.319 e. The van der Waals surface area contributed by atoms with E-state index in [0.29, 0.717) is 19.7 Å². The first-order valence-electron chi connectivity index (χ1n) is 8.92. The molecule has 2 N–H and O–H groups in total. The number of rotatable bonds is 0. The molecule has 1 amide bonds. The molecule has 128 valence electrons. The molecule has 1 saturated heterocycles. The minimum Gasteiger partial charge on any atom is -0.465 e. The second kappa shape index (κ2) is 13.6. The van der Waals surface area contributed by atoms with Gasteiger partial charge < -0.3 is 10.1 Å². The molecule has 0 spiro atoms. The van der Waals surface area contributed by atoms with Crippen LogP contribution in [0.3, 0.4) is 0 Å². The maximum absolute atomic E-state index is 11.6. The minimum atomic E-state index is -0.247. The molecule has 1 heterocycles. The van der Waals surface area contributed by atoms with E-state index < -0.39 is 0 Å². The van der Waals surface area contributed by atoms with E-state index in [1.54, 1.807) is 0 Å². The van der Waals surface area contributed by atoms with Gasteiger partial charge in [-0.25, -0.2) is 0 Å². The van der Waals surface area contributed by atoms with E-state index in [1.807, 2.05) is 0 Å². The van der Waals surface area contributed by atoms with Gasteiger partial charge in [0.25, 0.3) is 0 Å². The van der Waals surface area contributed by atoms with Crippen molar-refractivity contribution in [1.82, 2.24) is 10.6 Å². The molecular formula is C17H32N2O3. The smallest absolute Gasteiger partial charge is 0.319 e. The van der Waals surface area contributed by atoms with Crippen LogP contribution in [0.1, 0.15) is 77.0 Å². The van der Waals surface area contributed by atoms with Gasteiger partial charge in [-0.05, 0) is 12.8 Å². The Balaban J connectivity index is 2.18. The van der Waals surface area contributed by atoms with Crippen LogP contribution in [-0.2, 0) is 14.3 Å². The number of nitrogens with one attached hydrogen (secondary N) is 2. The lowest BCUT2D eigenvalue weighted by Crippen LogP contribution is -2.36. The van der Waals surface area contributed by atoms with Crippen LogP contribution < -0.4 is 10.6 Å². The molecule has 5 nitrogen and oxygen atoms in total. The molecule has 1 fully saturated rings. The summed E-state index contributed by atoms with van der Waals surface area (Å²) in [5.41, 5.74) is 0. The second-order valence-corrected chi connectivity index (χ2v) is 6.06. The van der Waals surface area contributed by atoms with Crippen molar-refractivity contribution in [1.29, 1.82) is 0 Å². The summed E-state index contributed by atoms with van der Waals surface area (Å²) < 4.78 is 5.14. The third kappa shape index (κ3) is 11.5. The first-order valence-corrected chi connectivity index (χ1v) is 8.92. The lowest BCUT2D eigenvalue weighted by molar-refractivity contribution is -0.142. The van der Waals surface area contributed by atoms with Crippen LogP contribution in [0, 0.1) is 0 Å². The normalized spacial score (nSPS) is 22.4. The van der Waals surface area contributed by atoms with Crippen LogP contribution in [0.2, 0.25) is 0 Å². The summed E-state index contributed by atoms with van der Waals surface area (Å²) in [6.45, 7) is 0.987. The molecule has 5 heteroatoms. The Morgan fingerprint density at radius 2 is 1.27 bits per heavy atom. The minimum absolute atomic E-state index is 0.0512. The Labute approximate surface area is 134 Å². The number of hydrogen-bond donors (Lipinski definition) is 2. The first-order chi connectivity index (χ1) is 10.8.